The van der Waals surface area contributed by atoms with Crippen LogP contribution in [0.5, 0.6) is 0 Å². The van der Waals surface area contributed by atoms with Gasteiger partial charge < -0.3 is 4.74 Å². The standard InChI is InChI=1S/C12H13NO3/c1-9-8-16-11(12(9,2)13(14)15)10-6-4-3-5-7-10/h3-7,11H,1,8H2,2H3/t11-,12+/m0/s1. The summed E-state index contributed by atoms with van der Waals surface area (Å²) in [5, 5.41) is 11.2. The first-order valence-corrected chi connectivity index (χ1v) is 5.06. The molecule has 1 aromatic rings. The highest BCUT2D eigenvalue weighted by Crippen LogP contribution is 2.42. The van der Waals surface area contributed by atoms with E-state index in [2.05, 4.69) is 6.58 Å². The normalized spacial score (nSPS) is 29.3. The Morgan fingerprint density at radius 2 is 2.12 bits per heavy atom. The van der Waals surface area contributed by atoms with Gasteiger partial charge in [0.2, 0.25) is 0 Å². The van der Waals surface area contributed by atoms with Crippen LogP contribution in [0, 0.1) is 10.1 Å². The summed E-state index contributed by atoms with van der Waals surface area (Å²) in [7, 11) is 0. The molecule has 0 radical (unpaired) electrons. The van der Waals surface area contributed by atoms with Crippen LogP contribution < -0.4 is 0 Å². The van der Waals surface area contributed by atoms with Crippen molar-refractivity contribution in [2.45, 2.75) is 18.6 Å². The number of ether oxygens (including phenoxy) is 1. The van der Waals surface area contributed by atoms with Gasteiger partial charge in [0.05, 0.1) is 6.61 Å². The summed E-state index contributed by atoms with van der Waals surface area (Å²) >= 11 is 0. The molecule has 4 nitrogen and oxygen atoms in total. The van der Waals surface area contributed by atoms with E-state index in [1.807, 2.05) is 30.3 Å². The summed E-state index contributed by atoms with van der Waals surface area (Å²) in [6, 6.07) is 9.24. The fraction of sp³-hybridized carbons (Fsp3) is 0.333. The molecule has 0 aliphatic carbocycles. The maximum atomic E-state index is 11.2. The van der Waals surface area contributed by atoms with Crippen molar-refractivity contribution in [2.75, 3.05) is 6.61 Å². The van der Waals surface area contributed by atoms with Crippen LogP contribution in [0.15, 0.2) is 42.5 Å². The van der Waals surface area contributed by atoms with Gasteiger partial charge in [-0.2, -0.15) is 0 Å². The molecule has 4 heteroatoms. The van der Waals surface area contributed by atoms with Gasteiger partial charge in [-0.1, -0.05) is 36.9 Å². The Balaban J connectivity index is 2.43. The van der Waals surface area contributed by atoms with Crippen LogP contribution in [0.1, 0.15) is 18.6 Å². The minimum Gasteiger partial charge on any atom is -0.361 e. The molecule has 1 aliphatic rings. The molecule has 2 rings (SSSR count). The minimum atomic E-state index is -1.22. The van der Waals surface area contributed by atoms with Crippen LogP contribution in [-0.2, 0) is 4.74 Å². The summed E-state index contributed by atoms with van der Waals surface area (Å²) in [6.45, 7) is 5.55. The van der Waals surface area contributed by atoms with E-state index < -0.39 is 11.6 Å². The van der Waals surface area contributed by atoms with E-state index in [0.717, 1.165) is 5.56 Å². The molecule has 1 aliphatic heterocycles. The Hall–Kier alpha value is -1.68. The summed E-state index contributed by atoms with van der Waals surface area (Å²) < 4.78 is 5.49. The molecule has 84 valence electrons. The minimum absolute atomic E-state index is 0.247. The first-order valence-electron chi connectivity index (χ1n) is 5.06. The Labute approximate surface area is 93.7 Å². The number of rotatable bonds is 2. The van der Waals surface area contributed by atoms with E-state index in [0.29, 0.717) is 5.57 Å². The van der Waals surface area contributed by atoms with Crippen LogP contribution in [-0.4, -0.2) is 17.1 Å². The molecule has 0 aromatic heterocycles. The number of hydrogen-bond acceptors (Lipinski definition) is 3. The van der Waals surface area contributed by atoms with Crippen molar-refractivity contribution in [3.63, 3.8) is 0 Å². The molecule has 0 bridgehead atoms. The third kappa shape index (κ3) is 1.42. The van der Waals surface area contributed by atoms with Crippen molar-refractivity contribution in [2.24, 2.45) is 0 Å². The zero-order chi connectivity index (χ0) is 11.8. The number of nitrogens with zero attached hydrogens (tertiary/aromatic N) is 1. The van der Waals surface area contributed by atoms with Gasteiger partial charge in [0.25, 0.3) is 5.54 Å². The maximum Gasteiger partial charge on any atom is 0.272 e. The molecule has 0 amide bonds. The third-order valence-electron chi connectivity index (χ3n) is 3.13. The third-order valence-corrected chi connectivity index (χ3v) is 3.13. The zero-order valence-corrected chi connectivity index (χ0v) is 9.05. The van der Waals surface area contributed by atoms with Gasteiger partial charge in [0.15, 0.2) is 6.10 Å². The second-order valence-corrected chi connectivity index (χ2v) is 4.11. The SMILES string of the molecule is C=C1CO[C@@H](c2ccccc2)[C@]1(C)[N+](=O)[O-]. The average molecular weight is 219 g/mol. The van der Waals surface area contributed by atoms with Gasteiger partial charge in [0.1, 0.15) is 0 Å². The smallest absolute Gasteiger partial charge is 0.272 e. The molecule has 0 N–H and O–H groups in total. The first kappa shape index (κ1) is 10.8. The summed E-state index contributed by atoms with van der Waals surface area (Å²) in [5.41, 5.74) is 0.119. The lowest BCUT2D eigenvalue weighted by Gasteiger charge is -2.22. The van der Waals surface area contributed by atoms with Crippen molar-refractivity contribution in [1.82, 2.24) is 0 Å². The molecule has 1 saturated heterocycles. The monoisotopic (exact) mass is 219 g/mol. The van der Waals surface area contributed by atoms with Gasteiger partial charge in [-0.3, -0.25) is 10.1 Å². The average Bonchev–Trinajstić information content (AvgIpc) is 2.58. The van der Waals surface area contributed by atoms with E-state index in [1.54, 1.807) is 6.92 Å². The molecule has 16 heavy (non-hydrogen) atoms. The second kappa shape index (κ2) is 3.72. The first-order chi connectivity index (χ1) is 7.56. The number of hydrogen-bond donors (Lipinski definition) is 0. The second-order valence-electron chi connectivity index (χ2n) is 4.11. The molecule has 0 unspecified atom stereocenters. The van der Waals surface area contributed by atoms with Gasteiger partial charge in [0, 0.05) is 17.4 Å². The topological polar surface area (TPSA) is 52.4 Å². The fourth-order valence-electron chi connectivity index (χ4n) is 1.95. The van der Waals surface area contributed by atoms with Gasteiger partial charge in [-0.15, -0.1) is 0 Å². The Morgan fingerprint density at radius 1 is 1.50 bits per heavy atom. The predicted molar refractivity (Wildman–Crippen MR) is 59.7 cm³/mol. The van der Waals surface area contributed by atoms with E-state index >= 15 is 0 Å². The quantitative estimate of drug-likeness (QED) is 0.436. The lowest BCUT2D eigenvalue weighted by molar-refractivity contribution is -0.561. The van der Waals surface area contributed by atoms with Crippen molar-refractivity contribution in [1.29, 1.82) is 0 Å². The Morgan fingerprint density at radius 3 is 2.69 bits per heavy atom. The molecule has 0 saturated carbocycles. The predicted octanol–water partition coefficient (Wildman–Crippen LogP) is 2.35. The Kier molecular flexibility index (Phi) is 2.52. The lowest BCUT2D eigenvalue weighted by atomic mass is 9.86. The molecular weight excluding hydrogens is 206 g/mol. The van der Waals surface area contributed by atoms with E-state index in [9.17, 15) is 10.1 Å². The van der Waals surface area contributed by atoms with Crippen molar-refractivity contribution < 1.29 is 9.66 Å². The highest BCUT2D eigenvalue weighted by molar-refractivity contribution is 5.29. The van der Waals surface area contributed by atoms with Crippen LogP contribution in [0.25, 0.3) is 0 Å². The Bertz CT molecular complexity index is 429. The zero-order valence-electron chi connectivity index (χ0n) is 9.05. The van der Waals surface area contributed by atoms with Gasteiger partial charge in [-0.05, 0) is 5.56 Å². The van der Waals surface area contributed by atoms with Crippen molar-refractivity contribution >= 4 is 0 Å². The fourth-order valence-corrected chi connectivity index (χ4v) is 1.95. The summed E-state index contributed by atoms with van der Waals surface area (Å²) in [6.07, 6.45) is -0.545. The molecule has 1 fully saturated rings. The van der Waals surface area contributed by atoms with E-state index in [-0.39, 0.29) is 11.5 Å². The largest absolute Gasteiger partial charge is 0.361 e. The number of benzene rings is 1. The van der Waals surface area contributed by atoms with Crippen LogP contribution >= 0.6 is 0 Å². The van der Waals surface area contributed by atoms with E-state index in [1.165, 1.54) is 0 Å². The summed E-state index contributed by atoms with van der Waals surface area (Å²) in [5.74, 6) is 0. The van der Waals surface area contributed by atoms with Gasteiger partial charge in [-0.25, -0.2) is 0 Å². The number of nitro groups is 1. The van der Waals surface area contributed by atoms with Crippen molar-refractivity contribution in [3.05, 3.63) is 58.2 Å². The van der Waals surface area contributed by atoms with Crippen molar-refractivity contribution in [3.8, 4) is 0 Å². The molecule has 0 spiro atoms. The van der Waals surface area contributed by atoms with Crippen LogP contribution in [0.4, 0.5) is 0 Å². The molecule has 1 aromatic carbocycles. The highest BCUT2D eigenvalue weighted by Gasteiger charge is 2.54. The maximum absolute atomic E-state index is 11.2. The van der Waals surface area contributed by atoms with E-state index in [4.69, 9.17) is 4.74 Å². The molecule has 2 atom stereocenters. The van der Waals surface area contributed by atoms with Crippen LogP contribution in [0.2, 0.25) is 0 Å². The molecular formula is C12H13NO3. The highest BCUT2D eigenvalue weighted by atomic mass is 16.6. The van der Waals surface area contributed by atoms with Crippen LogP contribution in [0.3, 0.4) is 0 Å². The summed E-state index contributed by atoms with van der Waals surface area (Å²) in [4.78, 5) is 10.9. The lowest BCUT2D eigenvalue weighted by Crippen LogP contribution is -2.39. The van der Waals surface area contributed by atoms with Gasteiger partial charge >= 0.3 is 0 Å². The molecule has 1 heterocycles.